The van der Waals surface area contributed by atoms with Gasteiger partial charge < -0.3 is 4.74 Å². The molecule has 0 bridgehead atoms. The van der Waals surface area contributed by atoms with E-state index in [2.05, 4.69) is 21.2 Å². The Balaban J connectivity index is 1.85. The van der Waals surface area contributed by atoms with E-state index in [9.17, 15) is 0 Å². The molecule has 0 atom stereocenters. The van der Waals surface area contributed by atoms with E-state index in [1.807, 2.05) is 46.9 Å². The van der Waals surface area contributed by atoms with Crippen LogP contribution in [0.15, 0.2) is 66.9 Å². The van der Waals surface area contributed by atoms with Gasteiger partial charge in [-0.25, -0.2) is 4.98 Å². The van der Waals surface area contributed by atoms with Crippen molar-refractivity contribution in [2.24, 2.45) is 0 Å². The van der Waals surface area contributed by atoms with Crippen molar-refractivity contribution >= 4 is 39.9 Å². The van der Waals surface area contributed by atoms with Gasteiger partial charge in [-0.05, 0) is 54.1 Å². The van der Waals surface area contributed by atoms with Crippen LogP contribution in [0.3, 0.4) is 0 Å². The highest BCUT2D eigenvalue weighted by Crippen LogP contribution is 2.34. The molecule has 3 aromatic heterocycles. The molecule has 2 aromatic carbocycles. The number of hydrogen-bond donors (Lipinski definition) is 0. The Labute approximate surface area is 176 Å². The van der Waals surface area contributed by atoms with Crippen LogP contribution in [-0.2, 0) is 0 Å². The highest BCUT2D eigenvalue weighted by atomic mass is 35.5. The first-order valence-electron chi connectivity index (χ1n) is 8.88. The van der Waals surface area contributed by atoms with Crippen molar-refractivity contribution in [1.29, 1.82) is 0 Å². The Kier molecular flexibility index (Phi) is 4.34. The molecule has 3 heterocycles. The van der Waals surface area contributed by atoms with Gasteiger partial charge >= 0.3 is 0 Å². The Morgan fingerprint density at radius 3 is 2.45 bits per heavy atom. The van der Waals surface area contributed by atoms with Crippen LogP contribution in [-0.4, -0.2) is 26.7 Å². The number of ether oxygens (including phenoxy) is 1. The van der Waals surface area contributed by atoms with E-state index in [1.54, 1.807) is 25.4 Å². The van der Waals surface area contributed by atoms with Gasteiger partial charge in [-0.3, -0.25) is 4.40 Å². The molecule has 0 saturated carbocycles. The SMILES string of the molecule is COc1ccc(-c2cc3cccnc3n3c(-c4ccc(Cl)cc4Cl)nnc23)cc1. The molecule has 0 aliphatic heterocycles. The molecule has 5 nitrogen and oxygen atoms in total. The summed E-state index contributed by atoms with van der Waals surface area (Å²) in [7, 11) is 1.65. The third-order valence-electron chi connectivity index (χ3n) is 4.81. The molecule has 0 N–H and O–H groups in total. The van der Waals surface area contributed by atoms with Gasteiger partial charge in [-0.2, -0.15) is 0 Å². The van der Waals surface area contributed by atoms with Crippen LogP contribution in [0.5, 0.6) is 5.75 Å². The lowest BCUT2D eigenvalue weighted by Crippen LogP contribution is -1.97. The highest BCUT2D eigenvalue weighted by molar-refractivity contribution is 6.36. The number of fused-ring (bicyclic) bond motifs is 3. The van der Waals surface area contributed by atoms with E-state index in [0.717, 1.165) is 33.5 Å². The Hall–Kier alpha value is -3.15. The first kappa shape index (κ1) is 17.9. The largest absolute Gasteiger partial charge is 0.497 e. The molecule has 0 saturated heterocycles. The zero-order valence-corrected chi connectivity index (χ0v) is 16.8. The zero-order chi connectivity index (χ0) is 20.0. The van der Waals surface area contributed by atoms with Crippen molar-refractivity contribution in [1.82, 2.24) is 19.6 Å². The van der Waals surface area contributed by atoms with Gasteiger partial charge in [0.2, 0.25) is 0 Å². The fourth-order valence-electron chi connectivity index (χ4n) is 3.42. The van der Waals surface area contributed by atoms with E-state index >= 15 is 0 Å². The van der Waals surface area contributed by atoms with Crippen molar-refractivity contribution < 1.29 is 4.74 Å². The summed E-state index contributed by atoms with van der Waals surface area (Å²) in [6.07, 6.45) is 1.75. The molecule has 5 aromatic rings. The fraction of sp³-hybridized carbons (Fsp3) is 0.0455. The maximum absolute atomic E-state index is 6.46. The first-order chi connectivity index (χ1) is 14.2. The van der Waals surface area contributed by atoms with Gasteiger partial charge in [-0.15, -0.1) is 10.2 Å². The molecule has 7 heteroatoms. The van der Waals surface area contributed by atoms with Gasteiger partial charge in [0.25, 0.3) is 0 Å². The predicted octanol–water partition coefficient (Wildman–Crippen LogP) is 5.93. The second-order valence-corrected chi connectivity index (χ2v) is 7.35. The third-order valence-corrected chi connectivity index (χ3v) is 5.35. The standard InChI is InChI=1S/C22H14Cl2N4O/c1-29-16-7-4-13(5-8-16)18-11-14-3-2-10-25-20(14)28-21(26-27-22(18)28)17-9-6-15(23)12-19(17)24/h2-12H,1H3. The summed E-state index contributed by atoms with van der Waals surface area (Å²) in [5, 5.41) is 11.0. The second-order valence-electron chi connectivity index (χ2n) is 6.51. The van der Waals surface area contributed by atoms with Crippen molar-refractivity contribution in [3.8, 4) is 28.3 Å². The van der Waals surface area contributed by atoms with Crippen molar-refractivity contribution in [2.45, 2.75) is 0 Å². The molecule has 0 fully saturated rings. The molecule has 0 radical (unpaired) electrons. The van der Waals surface area contributed by atoms with E-state index in [4.69, 9.17) is 27.9 Å². The third kappa shape index (κ3) is 2.99. The number of nitrogens with zero attached hydrogens (tertiary/aromatic N) is 4. The maximum Gasteiger partial charge on any atom is 0.171 e. The molecule has 0 aliphatic carbocycles. The molecule has 0 unspecified atom stereocenters. The lowest BCUT2D eigenvalue weighted by atomic mass is 10.1. The minimum Gasteiger partial charge on any atom is -0.497 e. The summed E-state index contributed by atoms with van der Waals surface area (Å²) in [5.74, 6) is 1.41. The molecule has 0 amide bonds. The maximum atomic E-state index is 6.46. The number of halogens is 2. The second kappa shape index (κ2) is 7.03. The van der Waals surface area contributed by atoms with Crippen molar-refractivity contribution in [3.05, 3.63) is 76.9 Å². The van der Waals surface area contributed by atoms with Crippen LogP contribution < -0.4 is 4.74 Å². The zero-order valence-electron chi connectivity index (χ0n) is 15.3. The molecular weight excluding hydrogens is 407 g/mol. The van der Waals surface area contributed by atoms with Gasteiger partial charge in [0.15, 0.2) is 11.5 Å². The summed E-state index contributed by atoms with van der Waals surface area (Å²) in [6.45, 7) is 0. The summed E-state index contributed by atoms with van der Waals surface area (Å²) < 4.78 is 7.21. The Morgan fingerprint density at radius 2 is 1.69 bits per heavy atom. The number of aromatic nitrogens is 4. The highest BCUT2D eigenvalue weighted by Gasteiger charge is 2.18. The van der Waals surface area contributed by atoms with Crippen LogP contribution >= 0.6 is 23.2 Å². The number of benzene rings is 2. The van der Waals surface area contributed by atoms with E-state index in [-0.39, 0.29) is 0 Å². The first-order valence-corrected chi connectivity index (χ1v) is 9.64. The van der Waals surface area contributed by atoms with Crippen LogP contribution in [0, 0.1) is 0 Å². The normalized spacial score (nSPS) is 11.3. The van der Waals surface area contributed by atoms with Crippen LogP contribution in [0.2, 0.25) is 10.0 Å². The Morgan fingerprint density at radius 1 is 0.862 bits per heavy atom. The molecule has 29 heavy (non-hydrogen) atoms. The van der Waals surface area contributed by atoms with Crippen LogP contribution in [0.4, 0.5) is 0 Å². The minimum absolute atomic E-state index is 0.505. The van der Waals surface area contributed by atoms with Gasteiger partial charge in [0.05, 0.1) is 12.1 Å². The topological polar surface area (TPSA) is 52.3 Å². The number of rotatable bonds is 3. The number of methoxy groups -OCH3 is 1. The van der Waals surface area contributed by atoms with Crippen LogP contribution in [0.25, 0.3) is 39.2 Å². The van der Waals surface area contributed by atoms with E-state index in [1.165, 1.54) is 0 Å². The average molecular weight is 421 g/mol. The lowest BCUT2D eigenvalue weighted by molar-refractivity contribution is 0.415. The van der Waals surface area contributed by atoms with E-state index < -0.39 is 0 Å². The average Bonchev–Trinajstić information content (AvgIpc) is 3.18. The summed E-state index contributed by atoms with van der Waals surface area (Å²) in [4.78, 5) is 4.57. The molecule has 0 spiro atoms. The summed E-state index contributed by atoms with van der Waals surface area (Å²) in [6, 6.07) is 19.2. The van der Waals surface area contributed by atoms with Crippen molar-refractivity contribution in [3.63, 3.8) is 0 Å². The summed E-state index contributed by atoms with van der Waals surface area (Å²) in [5.41, 5.74) is 4.13. The fourth-order valence-corrected chi connectivity index (χ4v) is 3.91. The molecule has 0 aliphatic rings. The van der Waals surface area contributed by atoms with E-state index in [0.29, 0.717) is 21.5 Å². The van der Waals surface area contributed by atoms with Crippen molar-refractivity contribution in [2.75, 3.05) is 7.11 Å². The molecule has 5 rings (SSSR count). The summed E-state index contributed by atoms with van der Waals surface area (Å²) >= 11 is 12.5. The van der Waals surface area contributed by atoms with Gasteiger partial charge in [-0.1, -0.05) is 35.3 Å². The lowest BCUT2D eigenvalue weighted by Gasteiger charge is -2.10. The minimum atomic E-state index is 0.505. The number of hydrogen-bond acceptors (Lipinski definition) is 4. The number of pyridine rings is 2. The Bertz CT molecular complexity index is 1360. The van der Waals surface area contributed by atoms with Gasteiger partial charge in [0.1, 0.15) is 11.4 Å². The quantitative estimate of drug-likeness (QED) is 0.363. The monoisotopic (exact) mass is 420 g/mol. The molecular formula is C22H14Cl2N4O. The predicted molar refractivity (Wildman–Crippen MR) is 116 cm³/mol. The molecule has 142 valence electrons. The smallest absolute Gasteiger partial charge is 0.171 e. The van der Waals surface area contributed by atoms with Gasteiger partial charge in [0, 0.05) is 27.7 Å². The van der Waals surface area contributed by atoms with Crippen LogP contribution in [0.1, 0.15) is 0 Å².